The maximum absolute atomic E-state index is 12.7. The SMILES string of the molecule is COc1ccc(C(OCC2CC[C@H](n3cnc4c(=O)[nH]c(NC(=O)C(C)C)nc43)O2)(c2ccccc2)c2ccc(OC)cc2)cc1. The number of methoxy groups -OCH3 is 2. The van der Waals surface area contributed by atoms with Gasteiger partial charge in [0, 0.05) is 5.92 Å². The standard InChI is InChI=1S/C35H37N5O6/c1-22(2)32(41)38-34-37-31-30(33(42)39-34)36-21-40(31)29-19-18-28(46-29)20-45-35(23-8-6-5-7-9-23,24-10-14-26(43-3)15-11-24)25-12-16-27(44-4)17-13-25/h5-17,21-22,28-29H,18-20H2,1-4H3,(H2,37,38,39,41,42)/t28?,29-/m1/s1. The number of ether oxygens (including phenoxy) is 4. The second-order valence-electron chi connectivity index (χ2n) is 11.5. The Morgan fingerprint density at radius 1 is 0.957 bits per heavy atom. The minimum atomic E-state index is -0.971. The van der Waals surface area contributed by atoms with Gasteiger partial charge in [0.1, 0.15) is 23.3 Å². The van der Waals surface area contributed by atoms with Crippen LogP contribution in [0.3, 0.4) is 0 Å². The molecule has 1 amide bonds. The van der Waals surface area contributed by atoms with Crippen molar-refractivity contribution in [2.75, 3.05) is 26.1 Å². The fourth-order valence-electron chi connectivity index (χ4n) is 5.76. The predicted octanol–water partition coefficient (Wildman–Crippen LogP) is 5.42. The molecule has 0 saturated carbocycles. The van der Waals surface area contributed by atoms with Crippen molar-refractivity contribution in [1.29, 1.82) is 0 Å². The van der Waals surface area contributed by atoms with E-state index >= 15 is 0 Å². The number of hydrogen-bond donors (Lipinski definition) is 2. The molecule has 1 unspecified atom stereocenters. The number of carbonyl (C=O) groups excluding carboxylic acids is 1. The molecule has 46 heavy (non-hydrogen) atoms. The lowest BCUT2D eigenvalue weighted by molar-refractivity contribution is -0.118. The zero-order chi connectivity index (χ0) is 32.3. The fraction of sp³-hybridized carbons (Fsp3) is 0.314. The Kier molecular flexibility index (Phi) is 8.87. The third-order valence-corrected chi connectivity index (χ3v) is 8.25. The third-order valence-electron chi connectivity index (χ3n) is 8.25. The molecular formula is C35H37N5O6. The van der Waals surface area contributed by atoms with E-state index in [0.29, 0.717) is 18.5 Å². The summed E-state index contributed by atoms with van der Waals surface area (Å²) >= 11 is 0. The van der Waals surface area contributed by atoms with E-state index in [2.05, 4.69) is 32.4 Å². The van der Waals surface area contributed by atoms with Crippen molar-refractivity contribution in [3.63, 3.8) is 0 Å². The quantitative estimate of drug-likeness (QED) is 0.187. The molecule has 238 valence electrons. The number of hydrogen-bond acceptors (Lipinski definition) is 8. The van der Waals surface area contributed by atoms with Gasteiger partial charge in [-0.1, -0.05) is 68.4 Å². The second kappa shape index (κ2) is 13.2. The minimum Gasteiger partial charge on any atom is -0.497 e. The maximum Gasteiger partial charge on any atom is 0.280 e. The first-order chi connectivity index (χ1) is 22.3. The molecule has 2 N–H and O–H groups in total. The Labute approximate surface area is 266 Å². The summed E-state index contributed by atoms with van der Waals surface area (Å²) < 4.78 is 26.2. The van der Waals surface area contributed by atoms with Gasteiger partial charge in [0.15, 0.2) is 11.2 Å². The molecule has 3 heterocycles. The number of aromatic nitrogens is 4. The number of carbonyl (C=O) groups is 1. The summed E-state index contributed by atoms with van der Waals surface area (Å²) in [7, 11) is 3.29. The molecule has 5 aromatic rings. The molecule has 1 aliphatic rings. The van der Waals surface area contributed by atoms with E-state index in [1.54, 1.807) is 39.0 Å². The minimum absolute atomic E-state index is 0.0717. The number of benzene rings is 3. The molecular weight excluding hydrogens is 586 g/mol. The molecule has 0 spiro atoms. The normalized spacial score (nSPS) is 16.5. The van der Waals surface area contributed by atoms with E-state index in [0.717, 1.165) is 28.2 Å². The van der Waals surface area contributed by atoms with E-state index in [1.165, 1.54) is 0 Å². The first kappa shape index (κ1) is 31.0. The zero-order valence-corrected chi connectivity index (χ0v) is 26.2. The van der Waals surface area contributed by atoms with E-state index in [4.69, 9.17) is 18.9 Å². The van der Waals surface area contributed by atoms with E-state index < -0.39 is 17.4 Å². The van der Waals surface area contributed by atoms with E-state index in [-0.39, 0.29) is 36.0 Å². The van der Waals surface area contributed by atoms with Crippen molar-refractivity contribution in [3.05, 3.63) is 112 Å². The van der Waals surface area contributed by atoms with Gasteiger partial charge in [-0.2, -0.15) is 4.98 Å². The third kappa shape index (κ3) is 5.99. The molecule has 0 bridgehead atoms. The van der Waals surface area contributed by atoms with Gasteiger partial charge in [0.25, 0.3) is 5.56 Å². The van der Waals surface area contributed by atoms with Gasteiger partial charge in [-0.15, -0.1) is 0 Å². The summed E-state index contributed by atoms with van der Waals surface area (Å²) in [6.45, 7) is 3.81. The van der Waals surface area contributed by atoms with Crippen LogP contribution in [0.5, 0.6) is 11.5 Å². The second-order valence-corrected chi connectivity index (χ2v) is 11.5. The molecule has 11 nitrogen and oxygen atoms in total. The topological polar surface area (TPSA) is 130 Å². The highest BCUT2D eigenvalue weighted by Gasteiger charge is 2.40. The maximum atomic E-state index is 12.7. The van der Waals surface area contributed by atoms with Crippen LogP contribution >= 0.6 is 0 Å². The first-order valence-corrected chi connectivity index (χ1v) is 15.2. The van der Waals surface area contributed by atoms with Gasteiger partial charge in [-0.3, -0.25) is 24.5 Å². The summed E-state index contributed by atoms with van der Waals surface area (Å²) in [5.41, 5.74) is 1.92. The fourth-order valence-corrected chi connectivity index (χ4v) is 5.76. The summed E-state index contributed by atoms with van der Waals surface area (Å²) in [6, 6.07) is 25.9. The number of imidazole rings is 1. The Balaban J connectivity index is 1.31. The highest BCUT2D eigenvalue weighted by atomic mass is 16.6. The van der Waals surface area contributed by atoms with Crippen molar-refractivity contribution >= 4 is 23.0 Å². The summed E-state index contributed by atoms with van der Waals surface area (Å²) in [5.74, 6) is 1.04. The molecule has 0 aliphatic carbocycles. The molecule has 6 rings (SSSR count). The average Bonchev–Trinajstić information content (AvgIpc) is 3.73. The van der Waals surface area contributed by atoms with Crippen LogP contribution in [0.15, 0.2) is 90.0 Å². The summed E-state index contributed by atoms with van der Waals surface area (Å²) in [4.78, 5) is 36.4. The van der Waals surface area contributed by atoms with Gasteiger partial charge >= 0.3 is 0 Å². The summed E-state index contributed by atoms with van der Waals surface area (Å²) in [6.07, 6.45) is 2.24. The number of nitrogens with one attached hydrogen (secondary N) is 2. The number of anilines is 1. The van der Waals surface area contributed by atoms with Crippen LogP contribution in [-0.4, -0.2) is 52.4 Å². The monoisotopic (exact) mass is 623 g/mol. The number of rotatable bonds is 11. The Morgan fingerprint density at radius 2 is 1.57 bits per heavy atom. The molecule has 1 fully saturated rings. The molecule has 2 aromatic heterocycles. The number of fused-ring (bicyclic) bond motifs is 1. The van der Waals surface area contributed by atoms with Gasteiger partial charge in [-0.05, 0) is 53.8 Å². The molecule has 3 aromatic carbocycles. The number of nitrogens with zero attached hydrogens (tertiary/aromatic N) is 3. The van der Waals surface area contributed by atoms with Crippen LogP contribution in [-0.2, 0) is 19.9 Å². The number of aromatic amines is 1. The molecule has 2 atom stereocenters. The smallest absolute Gasteiger partial charge is 0.280 e. The summed E-state index contributed by atoms with van der Waals surface area (Å²) in [5, 5.41) is 2.67. The van der Waals surface area contributed by atoms with Crippen molar-refractivity contribution < 1.29 is 23.7 Å². The van der Waals surface area contributed by atoms with Gasteiger partial charge in [0.05, 0.1) is 33.3 Å². The van der Waals surface area contributed by atoms with Gasteiger partial charge < -0.3 is 18.9 Å². The Bertz CT molecular complexity index is 1800. The molecule has 0 radical (unpaired) electrons. The highest BCUT2D eigenvalue weighted by Crippen LogP contribution is 2.42. The number of amides is 1. The van der Waals surface area contributed by atoms with Gasteiger partial charge in [-0.25, -0.2) is 4.98 Å². The van der Waals surface area contributed by atoms with Crippen LogP contribution in [0.1, 0.15) is 49.6 Å². The van der Waals surface area contributed by atoms with Gasteiger partial charge in [0.2, 0.25) is 11.9 Å². The lowest BCUT2D eigenvalue weighted by atomic mass is 9.80. The van der Waals surface area contributed by atoms with Crippen molar-refractivity contribution in [2.45, 2.75) is 44.6 Å². The van der Waals surface area contributed by atoms with E-state index in [1.807, 2.05) is 66.7 Å². The average molecular weight is 624 g/mol. The number of H-pyrrole nitrogens is 1. The first-order valence-electron chi connectivity index (χ1n) is 15.2. The predicted molar refractivity (Wildman–Crippen MR) is 173 cm³/mol. The lowest BCUT2D eigenvalue weighted by Crippen LogP contribution is -2.35. The Morgan fingerprint density at radius 3 is 2.15 bits per heavy atom. The largest absolute Gasteiger partial charge is 0.497 e. The van der Waals surface area contributed by atoms with Crippen molar-refractivity contribution in [3.8, 4) is 11.5 Å². The van der Waals surface area contributed by atoms with Crippen LogP contribution in [0.4, 0.5) is 5.95 Å². The zero-order valence-electron chi connectivity index (χ0n) is 26.2. The Hall–Kier alpha value is -5.00. The molecule has 1 aliphatic heterocycles. The molecule has 1 saturated heterocycles. The molecule has 11 heteroatoms. The van der Waals surface area contributed by atoms with Crippen molar-refractivity contribution in [2.24, 2.45) is 5.92 Å². The highest BCUT2D eigenvalue weighted by molar-refractivity contribution is 5.91. The van der Waals surface area contributed by atoms with Crippen LogP contribution in [0.2, 0.25) is 0 Å². The van der Waals surface area contributed by atoms with Crippen molar-refractivity contribution in [1.82, 2.24) is 19.5 Å². The van der Waals surface area contributed by atoms with Crippen LogP contribution in [0, 0.1) is 5.92 Å². The van der Waals surface area contributed by atoms with E-state index in [9.17, 15) is 9.59 Å². The van der Waals surface area contributed by atoms with Crippen LogP contribution in [0.25, 0.3) is 11.2 Å². The lowest BCUT2D eigenvalue weighted by Gasteiger charge is -2.37. The van der Waals surface area contributed by atoms with Crippen LogP contribution < -0.4 is 20.3 Å².